The number of H-pyrrole nitrogens is 1. The van der Waals surface area contributed by atoms with Crippen molar-refractivity contribution in [2.75, 3.05) is 7.11 Å². The number of allylic oxidation sites excluding steroid dienone is 2. The van der Waals surface area contributed by atoms with Crippen LogP contribution in [-0.2, 0) is 28.8 Å². The molecule has 0 aromatic carbocycles. The number of aromatic amines is 1. The molecular formula is C15H23NO2. The number of ketones is 1. The normalized spacial score (nSPS) is 11.7. The molecular weight excluding hydrogens is 226 g/mol. The Morgan fingerprint density at radius 2 is 2.00 bits per heavy atom. The SMILES string of the molecule is CCc1[nH]c(C)c(CC(C)=O)c1C/C=C(\C)OC. The van der Waals surface area contributed by atoms with Gasteiger partial charge in [-0.25, -0.2) is 0 Å². The molecule has 0 bridgehead atoms. The van der Waals surface area contributed by atoms with Crippen molar-refractivity contribution in [3.63, 3.8) is 0 Å². The maximum absolute atomic E-state index is 11.4. The first-order valence-corrected chi connectivity index (χ1v) is 6.38. The number of carbonyl (C=O) groups is 1. The second-order valence-electron chi connectivity index (χ2n) is 4.64. The monoisotopic (exact) mass is 249 g/mol. The maximum Gasteiger partial charge on any atom is 0.134 e. The van der Waals surface area contributed by atoms with Gasteiger partial charge in [0.15, 0.2) is 0 Å². The van der Waals surface area contributed by atoms with Gasteiger partial charge in [0.2, 0.25) is 0 Å². The van der Waals surface area contributed by atoms with E-state index in [0.29, 0.717) is 6.42 Å². The van der Waals surface area contributed by atoms with E-state index in [4.69, 9.17) is 4.74 Å². The van der Waals surface area contributed by atoms with Crippen LogP contribution < -0.4 is 0 Å². The van der Waals surface area contributed by atoms with Gasteiger partial charge in [-0.05, 0) is 50.8 Å². The minimum atomic E-state index is 0.202. The molecule has 0 atom stereocenters. The number of nitrogens with one attached hydrogen (secondary N) is 1. The number of hydrogen-bond donors (Lipinski definition) is 1. The number of aryl methyl sites for hydroxylation is 2. The van der Waals surface area contributed by atoms with Crippen molar-refractivity contribution in [1.29, 1.82) is 0 Å². The zero-order valence-electron chi connectivity index (χ0n) is 12.0. The first-order valence-electron chi connectivity index (χ1n) is 6.38. The first-order chi connectivity index (χ1) is 8.49. The molecule has 0 saturated carbocycles. The zero-order chi connectivity index (χ0) is 13.7. The average molecular weight is 249 g/mol. The molecule has 3 heteroatoms. The highest BCUT2D eigenvalue weighted by atomic mass is 16.5. The smallest absolute Gasteiger partial charge is 0.134 e. The van der Waals surface area contributed by atoms with Gasteiger partial charge in [-0.15, -0.1) is 0 Å². The van der Waals surface area contributed by atoms with Crippen molar-refractivity contribution in [1.82, 2.24) is 4.98 Å². The van der Waals surface area contributed by atoms with Crippen LogP contribution in [0.3, 0.4) is 0 Å². The first kappa shape index (κ1) is 14.6. The number of aromatic nitrogens is 1. The number of Topliss-reactive ketones (excluding diaryl/α,β-unsaturated/α-hetero) is 1. The van der Waals surface area contributed by atoms with Crippen LogP contribution in [0.15, 0.2) is 11.8 Å². The van der Waals surface area contributed by atoms with Crippen molar-refractivity contribution in [2.45, 2.75) is 47.0 Å². The van der Waals surface area contributed by atoms with Crippen LogP contribution in [0, 0.1) is 6.92 Å². The molecule has 1 aromatic heterocycles. The van der Waals surface area contributed by atoms with Gasteiger partial charge in [0.05, 0.1) is 12.9 Å². The summed E-state index contributed by atoms with van der Waals surface area (Å²) in [5.41, 5.74) is 4.74. The van der Waals surface area contributed by atoms with E-state index in [1.807, 2.05) is 13.8 Å². The number of ether oxygens (including phenoxy) is 1. The number of carbonyl (C=O) groups excluding carboxylic acids is 1. The molecule has 1 heterocycles. The van der Waals surface area contributed by atoms with Crippen LogP contribution in [0.4, 0.5) is 0 Å². The van der Waals surface area contributed by atoms with E-state index >= 15 is 0 Å². The molecule has 18 heavy (non-hydrogen) atoms. The van der Waals surface area contributed by atoms with Gasteiger partial charge in [-0.1, -0.05) is 6.92 Å². The van der Waals surface area contributed by atoms with E-state index in [9.17, 15) is 4.79 Å². The molecule has 100 valence electrons. The van der Waals surface area contributed by atoms with Gasteiger partial charge in [0.25, 0.3) is 0 Å². The Balaban J connectivity index is 3.09. The van der Waals surface area contributed by atoms with E-state index in [2.05, 4.69) is 18.0 Å². The van der Waals surface area contributed by atoms with E-state index in [1.165, 1.54) is 11.3 Å². The number of rotatable bonds is 6. The highest BCUT2D eigenvalue weighted by Crippen LogP contribution is 2.22. The Morgan fingerprint density at radius 1 is 1.33 bits per heavy atom. The summed E-state index contributed by atoms with van der Waals surface area (Å²) in [6.45, 7) is 7.74. The van der Waals surface area contributed by atoms with Crippen molar-refractivity contribution in [3.8, 4) is 0 Å². The van der Waals surface area contributed by atoms with Crippen LogP contribution in [0.25, 0.3) is 0 Å². The molecule has 0 aliphatic rings. The summed E-state index contributed by atoms with van der Waals surface area (Å²) in [6, 6.07) is 0. The standard InChI is InChI=1S/C15H23NO2/c1-6-15-13(8-7-11(3)18-5)14(9-10(2)17)12(4)16-15/h7,16H,6,8-9H2,1-5H3/b11-7+. The molecule has 3 nitrogen and oxygen atoms in total. The van der Waals surface area contributed by atoms with E-state index in [-0.39, 0.29) is 5.78 Å². The van der Waals surface area contributed by atoms with Crippen LogP contribution in [0.5, 0.6) is 0 Å². The largest absolute Gasteiger partial charge is 0.502 e. The van der Waals surface area contributed by atoms with Gasteiger partial charge in [-0.3, -0.25) is 4.79 Å². The molecule has 0 unspecified atom stereocenters. The van der Waals surface area contributed by atoms with Crippen molar-refractivity contribution >= 4 is 5.78 Å². The van der Waals surface area contributed by atoms with Crippen LogP contribution in [0.2, 0.25) is 0 Å². The second kappa shape index (κ2) is 6.43. The fraction of sp³-hybridized carbons (Fsp3) is 0.533. The second-order valence-corrected chi connectivity index (χ2v) is 4.64. The van der Waals surface area contributed by atoms with Crippen LogP contribution in [-0.4, -0.2) is 17.9 Å². The quantitative estimate of drug-likeness (QED) is 0.787. The van der Waals surface area contributed by atoms with Crippen LogP contribution >= 0.6 is 0 Å². The summed E-state index contributed by atoms with van der Waals surface area (Å²) in [6.07, 6.45) is 4.34. The van der Waals surface area contributed by atoms with E-state index in [1.54, 1.807) is 14.0 Å². The summed E-state index contributed by atoms with van der Waals surface area (Å²) >= 11 is 0. The highest BCUT2D eigenvalue weighted by molar-refractivity contribution is 5.79. The van der Waals surface area contributed by atoms with E-state index in [0.717, 1.165) is 29.9 Å². The fourth-order valence-electron chi connectivity index (χ4n) is 2.15. The highest BCUT2D eigenvalue weighted by Gasteiger charge is 2.14. The lowest BCUT2D eigenvalue weighted by atomic mass is 10.00. The summed E-state index contributed by atoms with van der Waals surface area (Å²) in [5, 5.41) is 0. The molecule has 0 radical (unpaired) electrons. The Morgan fingerprint density at radius 3 is 2.50 bits per heavy atom. The van der Waals surface area contributed by atoms with Crippen molar-refractivity contribution in [2.24, 2.45) is 0 Å². The fourth-order valence-corrected chi connectivity index (χ4v) is 2.15. The average Bonchev–Trinajstić information content (AvgIpc) is 2.62. The minimum Gasteiger partial charge on any atom is -0.502 e. The van der Waals surface area contributed by atoms with Crippen molar-refractivity contribution < 1.29 is 9.53 Å². The zero-order valence-corrected chi connectivity index (χ0v) is 12.0. The Hall–Kier alpha value is -1.51. The third kappa shape index (κ3) is 3.49. The topological polar surface area (TPSA) is 42.1 Å². The summed E-state index contributed by atoms with van der Waals surface area (Å²) in [7, 11) is 1.67. The van der Waals surface area contributed by atoms with Gasteiger partial charge in [0, 0.05) is 17.8 Å². The van der Waals surface area contributed by atoms with Gasteiger partial charge >= 0.3 is 0 Å². The Labute approximate surface area is 109 Å². The molecule has 0 saturated heterocycles. The van der Waals surface area contributed by atoms with E-state index < -0.39 is 0 Å². The summed E-state index contributed by atoms with van der Waals surface area (Å²) in [5.74, 6) is 1.11. The maximum atomic E-state index is 11.4. The summed E-state index contributed by atoms with van der Waals surface area (Å²) < 4.78 is 5.16. The van der Waals surface area contributed by atoms with Gasteiger partial charge < -0.3 is 9.72 Å². The Bertz CT molecular complexity index is 455. The minimum absolute atomic E-state index is 0.202. The lowest BCUT2D eigenvalue weighted by Gasteiger charge is -2.05. The number of methoxy groups -OCH3 is 1. The summed E-state index contributed by atoms with van der Waals surface area (Å²) in [4.78, 5) is 14.7. The molecule has 0 aliphatic heterocycles. The Kier molecular flexibility index (Phi) is 5.20. The van der Waals surface area contributed by atoms with Crippen molar-refractivity contribution in [3.05, 3.63) is 34.3 Å². The third-order valence-corrected chi connectivity index (χ3v) is 3.21. The molecule has 0 aliphatic carbocycles. The molecule has 1 rings (SSSR count). The van der Waals surface area contributed by atoms with Crippen LogP contribution in [0.1, 0.15) is 43.3 Å². The molecule has 0 amide bonds. The predicted octanol–water partition coefficient (Wildman–Crippen LogP) is 3.11. The molecule has 1 N–H and O–H groups in total. The molecule has 0 spiro atoms. The van der Waals surface area contributed by atoms with Gasteiger partial charge in [-0.2, -0.15) is 0 Å². The number of hydrogen-bond acceptors (Lipinski definition) is 2. The third-order valence-electron chi connectivity index (χ3n) is 3.21. The molecule has 1 aromatic rings. The molecule has 0 fully saturated rings. The van der Waals surface area contributed by atoms with Gasteiger partial charge in [0.1, 0.15) is 5.78 Å². The predicted molar refractivity (Wildman–Crippen MR) is 73.8 cm³/mol. The lowest BCUT2D eigenvalue weighted by Crippen LogP contribution is -2.01. The lowest BCUT2D eigenvalue weighted by molar-refractivity contribution is -0.116.